The van der Waals surface area contributed by atoms with E-state index in [4.69, 9.17) is 9.73 Å². The molecule has 1 aliphatic rings. The molecule has 0 aromatic heterocycles. The molecule has 1 unspecified atom stereocenters. The lowest BCUT2D eigenvalue weighted by atomic mass is 9.97. The van der Waals surface area contributed by atoms with E-state index in [1.165, 1.54) is 37.1 Å². The Balaban J connectivity index is 0.00000392. The number of hydrogen-bond donors (Lipinski definition) is 2. The predicted molar refractivity (Wildman–Crippen MR) is 130 cm³/mol. The van der Waals surface area contributed by atoms with Gasteiger partial charge in [-0.05, 0) is 71.0 Å². The number of guanidine groups is 1. The van der Waals surface area contributed by atoms with Crippen LogP contribution in [0.15, 0.2) is 23.2 Å². The highest BCUT2D eigenvalue weighted by atomic mass is 127. The first kappa shape index (κ1) is 25.0. The Bertz CT molecular complexity index is 606. The summed E-state index contributed by atoms with van der Waals surface area (Å²) >= 11 is 0. The summed E-state index contributed by atoms with van der Waals surface area (Å²) in [7, 11) is 1.73. The van der Waals surface area contributed by atoms with E-state index in [2.05, 4.69) is 55.4 Å². The minimum Gasteiger partial charge on any atom is -0.496 e. The second-order valence-corrected chi connectivity index (χ2v) is 7.81. The molecule has 5 nitrogen and oxygen atoms in total. The third-order valence-electron chi connectivity index (χ3n) is 5.26. The van der Waals surface area contributed by atoms with Gasteiger partial charge in [0.05, 0.1) is 7.11 Å². The van der Waals surface area contributed by atoms with Crippen LogP contribution in [-0.2, 0) is 6.42 Å². The van der Waals surface area contributed by atoms with Gasteiger partial charge >= 0.3 is 0 Å². The number of ether oxygens (including phenoxy) is 1. The highest BCUT2D eigenvalue weighted by Crippen LogP contribution is 2.20. The van der Waals surface area contributed by atoms with Crippen LogP contribution in [0.5, 0.6) is 5.75 Å². The molecule has 160 valence electrons. The average molecular weight is 502 g/mol. The molecule has 6 heteroatoms. The fourth-order valence-electron chi connectivity index (χ4n) is 3.70. The largest absolute Gasteiger partial charge is 0.496 e. The van der Waals surface area contributed by atoms with E-state index in [1.807, 2.05) is 6.07 Å². The molecule has 0 aliphatic carbocycles. The first-order valence-corrected chi connectivity index (χ1v) is 10.4. The van der Waals surface area contributed by atoms with Gasteiger partial charge in [0.25, 0.3) is 0 Å². The monoisotopic (exact) mass is 502 g/mol. The lowest BCUT2D eigenvalue weighted by molar-refractivity contribution is 0.143. The number of nitrogens with one attached hydrogen (secondary N) is 2. The SMILES string of the molecule is CCNC(=NCC1CCCN(C(C)C)C1)NCCc1cc(C)ccc1OC.I. The number of methoxy groups -OCH3 is 1. The zero-order valence-electron chi connectivity index (χ0n) is 18.3. The van der Waals surface area contributed by atoms with Crippen LogP contribution in [0.1, 0.15) is 44.7 Å². The molecule has 1 aromatic rings. The molecule has 1 heterocycles. The fraction of sp³-hybridized carbons (Fsp3) is 0.682. The number of aliphatic imine (C=N–C) groups is 1. The Morgan fingerprint density at radius 3 is 2.79 bits per heavy atom. The summed E-state index contributed by atoms with van der Waals surface area (Å²) in [6.45, 7) is 13.8. The van der Waals surface area contributed by atoms with Crippen LogP contribution in [0, 0.1) is 12.8 Å². The zero-order chi connectivity index (χ0) is 19.6. The molecule has 1 saturated heterocycles. The zero-order valence-corrected chi connectivity index (χ0v) is 20.6. The highest BCUT2D eigenvalue weighted by molar-refractivity contribution is 14.0. The number of benzene rings is 1. The topological polar surface area (TPSA) is 48.9 Å². The first-order valence-electron chi connectivity index (χ1n) is 10.4. The van der Waals surface area contributed by atoms with Crippen LogP contribution in [-0.4, -0.2) is 56.7 Å². The van der Waals surface area contributed by atoms with E-state index in [0.717, 1.165) is 37.8 Å². The van der Waals surface area contributed by atoms with Crippen molar-refractivity contribution in [3.8, 4) is 5.75 Å². The molecule has 0 spiro atoms. The molecule has 1 atom stereocenters. The Kier molecular flexibility index (Phi) is 11.8. The van der Waals surface area contributed by atoms with E-state index in [0.29, 0.717) is 12.0 Å². The number of rotatable bonds is 8. The summed E-state index contributed by atoms with van der Waals surface area (Å²) < 4.78 is 5.48. The molecule has 0 radical (unpaired) electrons. The van der Waals surface area contributed by atoms with Crippen molar-refractivity contribution in [2.75, 3.05) is 39.8 Å². The van der Waals surface area contributed by atoms with Crippen LogP contribution < -0.4 is 15.4 Å². The molecular weight excluding hydrogens is 463 g/mol. The van der Waals surface area contributed by atoms with Gasteiger partial charge in [0.1, 0.15) is 5.75 Å². The van der Waals surface area contributed by atoms with Crippen LogP contribution in [0.25, 0.3) is 0 Å². The van der Waals surface area contributed by atoms with Crippen molar-refractivity contribution < 1.29 is 4.74 Å². The number of halogens is 1. The van der Waals surface area contributed by atoms with Gasteiger partial charge in [0.15, 0.2) is 5.96 Å². The molecule has 0 bridgehead atoms. The lowest BCUT2D eigenvalue weighted by Gasteiger charge is -2.34. The summed E-state index contributed by atoms with van der Waals surface area (Å²) in [6, 6.07) is 6.97. The molecule has 1 aromatic carbocycles. The molecule has 2 rings (SSSR count). The van der Waals surface area contributed by atoms with Gasteiger partial charge in [-0.25, -0.2) is 0 Å². The number of aryl methyl sites for hydroxylation is 1. The molecule has 1 fully saturated rings. The van der Waals surface area contributed by atoms with E-state index in [9.17, 15) is 0 Å². The Morgan fingerprint density at radius 2 is 2.11 bits per heavy atom. The second-order valence-electron chi connectivity index (χ2n) is 7.81. The van der Waals surface area contributed by atoms with Crippen LogP contribution >= 0.6 is 24.0 Å². The third-order valence-corrected chi connectivity index (χ3v) is 5.26. The van der Waals surface area contributed by atoms with Crippen LogP contribution in [0.4, 0.5) is 0 Å². The lowest BCUT2D eigenvalue weighted by Crippen LogP contribution is -2.42. The molecule has 0 saturated carbocycles. The minimum atomic E-state index is 0. The molecule has 2 N–H and O–H groups in total. The molecule has 0 amide bonds. The molecule has 28 heavy (non-hydrogen) atoms. The third kappa shape index (κ3) is 8.15. The second kappa shape index (κ2) is 13.2. The van der Waals surface area contributed by atoms with Crippen LogP contribution in [0.3, 0.4) is 0 Å². The van der Waals surface area contributed by atoms with Gasteiger partial charge in [-0.1, -0.05) is 17.7 Å². The first-order chi connectivity index (χ1) is 13.0. The van der Waals surface area contributed by atoms with Gasteiger partial charge in [-0.2, -0.15) is 0 Å². The smallest absolute Gasteiger partial charge is 0.191 e. The van der Waals surface area contributed by atoms with Crippen molar-refractivity contribution in [3.05, 3.63) is 29.3 Å². The van der Waals surface area contributed by atoms with Crippen LogP contribution in [0.2, 0.25) is 0 Å². The fourth-order valence-corrected chi connectivity index (χ4v) is 3.70. The summed E-state index contributed by atoms with van der Waals surface area (Å²) in [6.07, 6.45) is 3.49. The normalized spacial score (nSPS) is 17.9. The van der Waals surface area contributed by atoms with Crippen molar-refractivity contribution in [3.63, 3.8) is 0 Å². The van der Waals surface area contributed by atoms with Gasteiger partial charge in [-0.15, -0.1) is 24.0 Å². The Hall–Kier alpha value is -1.02. The van der Waals surface area contributed by atoms with Gasteiger partial charge in [0, 0.05) is 32.2 Å². The maximum atomic E-state index is 5.48. The average Bonchev–Trinajstić information content (AvgIpc) is 2.66. The van der Waals surface area contributed by atoms with Crippen molar-refractivity contribution in [2.45, 2.75) is 53.0 Å². The van der Waals surface area contributed by atoms with E-state index >= 15 is 0 Å². The Morgan fingerprint density at radius 1 is 1.32 bits per heavy atom. The summed E-state index contributed by atoms with van der Waals surface area (Å²) in [5.41, 5.74) is 2.50. The van der Waals surface area contributed by atoms with Gasteiger partial charge < -0.3 is 20.3 Å². The summed E-state index contributed by atoms with van der Waals surface area (Å²) in [4.78, 5) is 7.44. The number of likely N-dealkylation sites (tertiary alicyclic amines) is 1. The molecule has 1 aliphatic heterocycles. The number of piperidine rings is 1. The predicted octanol–water partition coefficient (Wildman–Crippen LogP) is 3.84. The van der Waals surface area contributed by atoms with Crippen molar-refractivity contribution in [1.29, 1.82) is 0 Å². The number of nitrogens with zero attached hydrogens (tertiary/aromatic N) is 2. The highest BCUT2D eigenvalue weighted by Gasteiger charge is 2.21. The van der Waals surface area contributed by atoms with Gasteiger partial charge in [-0.3, -0.25) is 4.99 Å². The molecular formula is C22H39IN4O. The standard InChI is InChI=1S/C22H38N4O.HI/c1-6-23-22(25-15-19-8-7-13-26(16-19)17(2)3)24-12-11-20-14-18(4)9-10-21(20)27-5;/h9-10,14,17,19H,6-8,11-13,15-16H2,1-5H3,(H2,23,24,25);1H. The van der Waals surface area contributed by atoms with E-state index < -0.39 is 0 Å². The Labute approximate surface area is 188 Å². The summed E-state index contributed by atoms with van der Waals surface area (Å²) in [5.74, 6) is 2.54. The maximum absolute atomic E-state index is 5.48. The minimum absolute atomic E-state index is 0. The van der Waals surface area contributed by atoms with Crippen molar-refractivity contribution >= 4 is 29.9 Å². The quantitative estimate of drug-likeness (QED) is 0.322. The van der Waals surface area contributed by atoms with E-state index in [-0.39, 0.29) is 24.0 Å². The summed E-state index contributed by atoms with van der Waals surface area (Å²) in [5, 5.41) is 6.86. The van der Waals surface area contributed by atoms with Gasteiger partial charge in [0.2, 0.25) is 0 Å². The number of hydrogen-bond acceptors (Lipinski definition) is 3. The maximum Gasteiger partial charge on any atom is 0.191 e. The van der Waals surface area contributed by atoms with Crippen molar-refractivity contribution in [1.82, 2.24) is 15.5 Å². The van der Waals surface area contributed by atoms with E-state index in [1.54, 1.807) is 7.11 Å². The van der Waals surface area contributed by atoms with Crippen molar-refractivity contribution in [2.24, 2.45) is 10.9 Å².